The molecule has 0 atom stereocenters. The number of hydrogen-bond acceptors (Lipinski definition) is 3. The number of hydrogen-bond donors (Lipinski definition) is 2. The highest BCUT2D eigenvalue weighted by molar-refractivity contribution is 9.10. The summed E-state index contributed by atoms with van der Waals surface area (Å²) in [5, 5.41) is 0.308. The molecule has 2 rings (SSSR count). The molecule has 3 N–H and O–H groups in total. The third-order valence-electron chi connectivity index (χ3n) is 4.37. The fraction of sp³-hybridized carbons (Fsp3) is 0.571. The summed E-state index contributed by atoms with van der Waals surface area (Å²) in [5.74, 6) is 0. The molecule has 1 saturated carbocycles. The predicted octanol–water partition coefficient (Wildman–Crippen LogP) is 3.93. The lowest BCUT2D eigenvalue weighted by Gasteiger charge is -2.27. The van der Waals surface area contributed by atoms with Crippen LogP contribution in [0, 0.1) is 5.41 Å². The highest BCUT2D eigenvalue weighted by Gasteiger charge is 2.33. The molecule has 1 fully saturated rings. The number of sulfonamides is 1. The van der Waals surface area contributed by atoms with Crippen LogP contribution < -0.4 is 10.5 Å². The average Bonchev–Trinajstić information content (AvgIpc) is 2.90. The van der Waals surface area contributed by atoms with E-state index >= 15 is 0 Å². The second kappa shape index (κ2) is 6.44. The van der Waals surface area contributed by atoms with Gasteiger partial charge in [0.25, 0.3) is 0 Å². The second-order valence-corrected chi connectivity index (χ2v) is 8.66. The molecule has 1 aromatic rings. The Bertz CT molecular complexity index is 628. The number of anilines is 1. The maximum absolute atomic E-state index is 12.5. The van der Waals surface area contributed by atoms with Crippen molar-refractivity contribution >= 4 is 43.2 Å². The highest BCUT2D eigenvalue weighted by atomic mass is 79.9. The Morgan fingerprint density at radius 2 is 2.00 bits per heavy atom. The number of halogens is 2. The molecule has 4 nitrogen and oxygen atoms in total. The lowest BCUT2D eigenvalue weighted by Crippen LogP contribution is -2.35. The van der Waals surface area contributed by atoms with Crippen LogP contribution in [0.2, 0.25) is 5.02 Å². The third-order valence-corrected chi connectivity index (χ3v) is 7.16. The monoisotopic (exact) mass is 394 g/mol. The number of nitrogens with one attached hydrogen (secondary N) is 1. The van der Waals surface area contributed by atoms with Crippen LogP contribution in [0.25, 0.3) is 0 Å². The molecule has 0 bridgehead atoms. The van der Waals surface area contributed by atoms with Crippen LogP contribution >= 0.6 is 27.5 Å². The van der Waals surface area contributed by atoms with Gasteiger partial charge >= 0.3 is 0 Å². The van der Waals surface area contributed by atoms with Gasteiger partial charge in [-0.25, -0.2) is 13.1 Å². The predicted molar refractivity (Wildman–Crippen MR) is 89.9 cm³/mol. The molecule has 0 heterocycles. The molecule has 1 aromatic carbocycles. The van der Waals surface area contributed by atoms with E-state index < -0.39 is 10.0 Å². The van der Waals surface area contributed by atoms with Gasteiger partial charge in [0, 0.05) is 17.3 Å². The van der Waals surface area contributed by atoms with Crippen LogP contribution in [0.15, 0.2) is 21.5 Å². The molecule has 0 saturated heterocycles. The molecule has 1 aliphatic rings. The summed E-state index contributed by atoms with van der Waals surface area (Å²) in [7, 11) is -3.63. The summed E-state index contributed by atoms with van der Waals surface area (Å²) in [5.41, 5.74) is 6.17. The molecule has 0 spiro atoms. The first-order valence-electron chi connectivity index (χ1n) is 7.04. The summed E-state index contributed by atoms with van der Waals surface area (Å²) in [6.07, 6.45) is 5.47. The number of benzene rings is 1. The Kier molecular flexibility index (Phi) is 5.23. The molecule has 0 aliphatic heterocycles. The van der Waals surface area contributed by atoms with Gasteiger partial charge in [-0.2, -0.15) is 0 Å². The summed E-state index contributed by atoms with van der Waals surface area (Å²) in [6, 6.07) is 2.94. The fourth-order valence-electron chi connectivity index (χ4n) is 2.89. The van der Waals surface area contributed by atoms with Crippen LogP contribution in [0.4, 0.5) is 5.69 Å². The van der Waals surface area contributed by atoms with Crippen molar-refractivity contribution in [3.8, 4) is 0 Å². The molecule has 0 amide bonds. The smallest absolute Gasteiger partial charge is 0.241 e. The van der Waals surface area contributed by atoms with Gasteiger partial charge in [-0.15, -0.1) is 0 Å². The molecular formula is C14H20BrClN2O2S. The molecule has 118 valence electrons. The minimum absolute atomic E-state index is 0.0870. The van der Waals surface area contributed by atoms with Crippen molar-refractivity contribution in [3.05, 3.63) is 21.6 Å². The number of nitrogen functional groups attached to an aromatic ring is 1. The van der Waals surface area contributed by atoms with Gasteiger partial charge in [0.1, 0.15) is 0 Å². The fourth-order valence-corrected chi connectivity index (χ4v) is 5.33. The normalized spacial score (nSPS) is 18.0. The van der Waals surface area contributed by atoms with Gasteiger partial charge in [-0.3, -0.25) is 0 Å². The van der Waals surface area contributed by atoms with Crippen LogP contribution in [0.1, 0.15) is 39.0 Å². The molecular weight excluding hydrogens is 376 g/mol. The topological polar surface area (TPSA) is 72.2 Å². The molecule has 0 aromatic heterocycles. The Morgan fingerprint density at radius 1 is 1.38 bits per heavy atom. The first-order chi connectivity index (χ1) is 9.80. The van der Waals surface area contributed by atoms with Gasteiger partial charge in [0.2, 0.25) is 10.0 Å². The summed E-state index contributed by atoms with van der Waals surface area (Å²) >= 11 is 9.15. The zero-order valence-corrected chi connectivity index (χ0v) is 15.1. The van der Waals surface area contributed by atoms with Crippen LogP contribution in [-0.2, 0) is 10.0 Å². The average molecular weight is 396 g/mol. The summed E-state index contributed by atoms with van der Waals surface area (Å²) in [4.78, 5) is 0.0942. The first kappa shape index (κ1) is 17.1. The SMILES string of the molecule is CCC1(CNS(=O)(=O)c2cc(Cl)cc(N)c2Br)CCCC1. The van der Waals surface area contributed by atoms with Crippen molar-refractivity contribution in [3.63, 3.8) is 0 Å². The van der Waals surface area contributed by atoms with Gasteiger partial charge in [-0.1, -0.05) is 31.4 Å². The maximum Gasteiger partial charge on any atom is 0.241 e. The van der Waals surface area contributed by atoms with E-state index in [-0.39, 0.29) is 10.3 Å². The standard InChI is InChI=1S/C14H20BrClN2O2S/c1-2-14(5-3-4-6-14)9-18-21(19,20)12-8-10(16)7-11(17)13(12)15/h7-8,18H,2-6,9,17H2,1H3. The summed E-state index contributed by atoms with van der Waals surface area (Å²) < 4.78 is 28.1. The minimum Gasteiger partial charge on any atom is -0.398 e. The van der Waals surface area contributed by atoms with E-state index in [1.54, 1.807) is 0 Å². The third kappa shape index (κ3) is 3.73. The Morgan fingerprint density at radius 3 is 2.57 bits per heavy atom. The largest absolute Gasteiger partial charge is 0.398 e. The van der Waals surface area contributed by atoms with E-state index in [4.69, 9.17) is 17.3 Å². The van der Waals surface area contributed by atoms with Gasteiger partial charge in [-0.05, 0) is 52.7 Å². The lowest BCUT2D eigenvalue weighted by atomic mass is 9.84. The van der Waals surface area contributed by atoms with Crippen molar-refractivity contribution in [2.45, 2.75) is 43.9 Å². The van der Waals surface area contributed by atoms with Crippen molar-refractivity contribution < 1.29 is 8.42 Å². The molecule has 1 aliphatic carbocycles. The van der Waals surface area contributed by atoms with Gasteiger partial charge in [0.15, 0.2) is 0 Å². The minimum atomic E-state index is -3.63. The second-order valence-electron chi connectivity index (χ2n) is 5.69. The molecule has 21 heavy (non-hydrogen) atoms. The Balaban J connectivity index is 2.23. The van der Waals surface area contributed by atoms with Crippen LogP contribution in [0.3, 0.4) is 0 Å². The lowest BCUT2D eigenvalue weighted by molar-refractivity contribution is 0.285. The number of nitrogens with two attached hydrogens (primary N) is 1. The molecule has 7 heteroatoms. The van der Waals surface area contributed by atoms with Crippen LogP contribution in [0.5, 0.6) is 0 Å². The highest BCUT2D eigenvalue weighted by Crippen LogP contribution is 2.40. The maximum atomic E-state index is 12.5. The first-order valence-corrected chi connectivity index (χ1v) is 9.69. The Labute approximate surface area is 139 Å². The quantitative estimate of drug-likeness (QED) is 0.742. The van der Waals surface area contributed by atoms with E-state index in [0.717, 1.165) is 19.3 Å². The number of rotatable bonds is 5. The van der Waals surface area contributed by atoms with Crippen LogP contribution in [-0.4, -0.2) is 15.0 Å². The van der Waals surface area contributed by atoms with Gasteiger partial charge in [0.05, 0.1) is 9.37 Å². The summed E-state index contributed by atoms with van der Waals surface area (Å²) in [6.45, 7) is 2.58. The Hall–Kier alpha value is -0.300. The van der Waals surface area contributed by atoms with Crippen molar-refractivity contribution in [2.24, 2.45) is 5.41 Å². The van der Waals surface area contributed by atoms with E-state index in [1.807, 2.05) is 0 Å². The van der Waals surface area contributed by atoms with E-state index in [1.165, 1.54) is 25.0 Å². The molecule has 0 radical (unpaired) electrons. The zero-order chi connectivity index (χ0) is 15.7. The van der Waals surface area contributed by atoms with E-state index in [0.29, 0.717) is 21.7 Å². The zero-order valence-electron chi connectivity index (χ0n) is 12.0. The van der Waals surface area contributed by atoms with E-state index in [2.05, 4.69) is 27.6 Å². The van der Waals surface area contributed by atoms with Crippen molar-refractivity contribution in [1.29, 1.82) is 0 Å². The molecule has 0 unspecified atom stereocenters. The van der Waals surface area contributed by atoms with Crippen molar-refractivity contribution in [2.75, 3.05) is 12.3 Å². The van der Waals surface area contributed by atoms with Crippen molar-refractivity contribution in [1.82, 2.24) is 4.72 Å². The van der Waals surface area contributed by atoms with Gasteiger partial charge < -0.3 is 5.73 Å². The van der Waals surface area contributed by atoms with E-state index in [9.17, 15) is 8.42 Å².